The highest BCUT2D eigenvalue weighted by atomic mass is 16.5. The summed E-state index contributed by atoms with van der Waals surface area (Å²) in [6.07, 6.45) is 6.82. The van der Waals surface area contributed by atoms with Gasteiger partial charge in [-0.05, 0) is 39.5 Å². The van der Waals surface area contributed by atoms with Crippen LogP contribution in [-0.4, -0.2) is 35.0 Å². The molecular formula is C13H19NO3. The molecule has 0 radical (unpaired) electrons. The molecule has 2 aliphatic rings. The summed E-state index contributed by atoms with van der Waals surface area (Å²) in [5.74, 6) is -0.327. The van der Waals surface area contributed by atoms with Crippen LogP contribution in [0.2, 0.25) is 0 Å². The van der Waals surface area contributed by atoms with Crippen molar-refractivity contribution >= 4 is 11.8 Å². The van der Waals surface area contributed by atoms with Gasteiger partial charge in [-0.15, -0.1) is 0 Å². The van der Waals surface area contributed by atoms with E-state index in [1.54, 1.807) is 0 Å². The number of nitrogens with zero attached hydrogens (tertiary/aromatic N) is 1. The summed E-state index contributed by atoms with van der Waals surface area (Å²) in [7, 11) is 0. The van der Waals surface area contributed by atoms with Crippen molar-refractivity contribution in [2.45, 2.75) is 57.8 Å². The van der Waals surface area contributed by atoms with Crippen molar-refractivity contribution in [3.05, 3.63) is 12.2 Å². The normalized spacial score (nSPS) is 29.5. The zero-order valence-electron chi connectivity index (χ0n) is 10.4. The Hall–Kier alpha value is -1.16. The van der Waals surface area contributed by atoms with Gasteiger partial charge in [0.05, 0.1) is 12.2 Å². The van der Waals surface area contributed by atoms with Crippen LogP contribution in [0, 0.1) is 0 Å². The maximum Gasteiger partial charge on any atom is 0.253 e. The van der Waals surface area contributed by atoms with Crippen molar-refractivity contribution in [2.24, 2.45) is 0 Å². The van der Waals surface area contributed by atoms with Crippen LogP contribution in [0.4, 0.5) is 0 Å². The molecular weight excluding hydrogens is 218 g/mol. The Bertz CT molecular complexity index is 323. The van der Waals surface area contributed by atoms with Gasteiger partial charge in [-0.1, -0.05) is 0 Å². The third-order valence-electron chi connectivity index (χ3n) is 3.32. The maximum absolute atomic E-state index is 11.5. The molecule has 0 aromatic rings. The molecule has 94 valence electrons. The smallest absolute Gasteiger partial charge is 0.253 e. The van der Waals surface area contributed by atoms with Crippen LogP contribution in [0.15, 0.2) is 12.2 Å². The molecule has 1 aliphatic heterocycles. The van der Waals surface area contributed by atoms with E-state index in [0.717, 1.165) is 25.7 Å². The van der Waals surface area contributed by atoms with E-state index < -0.39 is 0 Å². The molecule has 0 unspecified atom stereocenters. The molecule has 17 heavy (non-hydrogen) atoms. The first kappa shape index (κ1) is 12.3. The van der Waals surface area contributed by atoms with Crippen molar-refractivity contribution in [3.8, 4) is 0 Å². The van der Waals surface area contributed by atoms with Crippen molar-refractivity contribution < 1.29 is 14.3 Å². The summed E-state index contributed by atoms with van der Waals surface area (Å²) in [6, 6.07) is 0.0667. The van der Waals surface area contributed by atoms with Crippen LogP contribution >= 0.6 is 0 Å². The van der Waals surface area contributed by atoms with Gasteiger partial charge in [-0.3, -0.25) is 14.5 Å². The van der Waals surface area contributed by atoms with Gasteiger partial charge in [0.2, 0.25) is 0 Å². The first-order valence-electron chi connectivity index (χ1n) is 6.28. The molecule has 1 saturated carbocycles. The number of amides is 2. The van der Waals surface area contributed by atoms with E-state index in [9.17, 15) is 9.59 Å². The predicted molar refractivity (Wildman–Crippen MR) is 63.3 cm³/mol. The van der Waals surface area contributed by atoms with Crippen molar-refractivity contribution in [2.75, 3.05) is 0 Å². The molecule has 4 nitrogen and oxygen atoms in total. The van der Waals surface area contributed by atoms with Crippen molar-refractivity contribution in [1.82, 2.24) is 4.90 Å². The molecule has 2 rings (SSSR count). The zero-order chi connectivity index (χ0) is 12.4. The van der Waals surface area contributed by atoms with Gasteiger partial charge in [0.25, 0.3) is 11.8 Å². The predicted octanol–water partition coefficient (Wildman–Crippen LogP) is 1.65. The number of ether oxygens (including phenoxy) is 1. The van der Waals surface area contributed by atoms with Crippen LogP contribution in [0.3, 0.4) is 0 Å². The molecule has 4 heteroatoms. The standard InChI is InChI=1S/C13H19NO3/c1-9(2)17-11-5-3-10(4-6-11)14-12(15)7-8-13(14)16/h7-11H,3-6H2,1-2H3. The quantitative estimate of drug-likeness (QED) is 0.701. The van der Waals surface area contributed by atoms with Crippen LogP contribution in [0.5, 0.6) is 0 Å². The zero-order valence-corrected chi connectivity index (χ0v) is 10.4. The van der Waals surface area contributed by atoms with Gasteiger partial charge >= 0.3 is 0 Å². The van der Waals surface area contributed by atoms with Crippen LogP contribution in [0.1, 0.15) is 39.5 Å². The van der Waals surface area contributed by atoms with E-state index in [0.29, 0.717) is 0 Å². The number of carbonyl (C=O) groups excluding carboxylic acids is 2. The van der Waals surface area contributed by atoms with E-state index in [1.165, 1.54) is 17.1 Å². The number of hydrogen-bond donors (Lipinski definition) is 0. The monoisotopic (exact) mass is 237 g/mol. The van der Waals surface area contributed by atoms with E-state index >= 15 is 0 Å². The Kier molecular flexibility index (Phi) is 3.62. The Morgan fingerprint density at radius 1 is 1.12 bits per heavy atom. The highest BCUT2D eigenvalue weighted by molar-refractivity contribution is 6.13. The maximum atomic E-state index is 11.5. The fourth-order valence-electron chi connectivity index (χ4n) is 2.60. The summed E-state index contributed by atoms with van der Waals surface area (Å²) < 4.78 is 5.75. The minimum Gasteiger partial charge on any atom is -0.376 e. The lowest BCUT2D eigenvalue weighted by atomic mass is 9.92. The van der Waals surface area contributed by atoms with E-state index in [4.69, 9.17) is 4.74 Å². The molecule has 1 fully saturated rings. The lowest BCUT2D eigenvalue weighted by Crippen LogP contribution is -2.43. The van der Waals surface area contributed by atoms with E-state index in [-0.39, 0.29) is 30.1 Å². The number of rotatable bonds is 3. The molecule has 0 spiro atoms. The lowest BCUT2D eigenvalue weighted by Gasteiger charge is -2.34. The third kappa shape index (κ3) is 2.75. The molecule has 1 aliphatic carbocycles. The van der Waals surface area contributed by atoms with Crippen molar-refractivity contribution in [1.29, 1.82) is 0 Å². The molecule has 2 amide bonds. The fourth-order valence-corrected chi connectivity index (χ4v) is 2.60. The number of carbonyl (C=O) groups is 2. The second kappa shape index (κ2) is 5.00. The lowest BCUT2D eigenvalue weighted by molar-refractivity contribution is -0.141. The summed E-state index contributed by atoms with van der Waals surface area (Å²) in [5.41, 5.74) is 0. The molecule has 0 N–H and O–H groups in total. The van der Waals surface area contributed by atoms with Gasteiger partial charge in [0.1, 0.15) is 0 Å². The van der Waals surface area contributed by atoms with Gasteiger partial charge < -0.3 is 4.74 Å². The summed E-state index contributed by atoms with van der Waals surface area (Å²) in [6.45, 7) is 4.06. The van der Waals surface area contributed by atoms with Gasteiger partial charge in [0, 0.05) is 18.2 Å². The number of imide groups is 1. The third-order valence-corrected chi connectivity index (χ3v) is 3.32. The fraction of sp³-hybridized carbons (Fsp3) is 0.692. The Morgan fingerprint density at radius 3 is 2.12 bits per heavy atom. The van der Waals surface area contributed by atoms with Gasteiger partial charge in [-0.25, -0.2) is 0 Å². The Balaban J connectivity index is 1.87. The average Bonchev–Trinajstić information content (AvgIpc) is 2.59. The highest BCUT2D eigenvalue weighted by Crippen LogP contribution is 2.27. The van der Waals surface area contributed by atoms with E-state index in [2.05, 4.69) is 0 Å². The van der Waals surface area contributed by atoms with Gasteiger partial charge in [0.15, 0.2) is 0 Å². The minimum atomic E-state index is -0.164. The van der Waals surface area contributed by atoms with Crippen molar-refractivity contribution in [3.63, 3.8) is 0 Å². The molecule has 0 bridgehead atoms. The first-order chi connectivity index (χ1) is 8.08. The second-order valence-electron chi connectivity index (χ2n) is 5.00. The van der Waals surface area contributed by atoms with Crippen LogP contribution in [-0.2, 0) is 14.3 Å². The minimum absolute atomic E-state index is 0.0667. The van der Waals surface area contributed by atoms with Gasteiger partial charge in [-0.2, -0.15) is 0 Å². The Labute approximate surface area is 102 Å². The van der Waals surface area contributed by atoms with Crippen LogP contribution < -0.4 is 0 Å². The first-order valence-corrected chi connectivity index (χ1v) is 6.28. The molecule has 0 aromatic heterocycles. The molecule has 0 aromatic carbocycles. The number of hydrogen-bond acceptors (Lipinski definition) is 3. The SMILES string of the molecule is CC(C)OC1CCC(N2C(=O)C=CC2=O)CC1. The molecule has 1 heterocycles. The van der Waals surface area contributed by atoms with E-state index in [1.807, 2.05) is 13.8 Å². The average molecular weight is 237 g/mol. The van der Waals surface area contributed by atoms with Crippen LogP contribution in [0.25, 0.3) is 0 Å². The molecule has 0 atom stereocenters. The second-order valence-corrected chi connectivity index (χ2v) is 5.00. The summed E-state index contributed by atoms with van der Waals surface area (Å²) in [5, 5.41) is 0. The topological polar surface area (TPSA) is 46.6 Å². The summed E-state index contributed by atoms with van der Waals surface area (Å²) in [4.78, 5) is 24.5. The Morgan fingerprint density at radius 2 is 1.65 bits per heavy atom. The summed E-state index contributed by atoms with van der Waals surface area (Å²) >= 11 is 0. The molecule has 0 saturated heterocycles. The largest absolute Gasteiger partial charge is 0.376 e. The highest BCUT2D eigenvalue weighted by Gasteiger charge is 2.34.